The molecule has 0 aliphatic carbocycles. The van der Waals surface area contributed by atoms with Crippen molar-refractivity contribution in [2.75, 3.05) is 6.61 Å². The van der Waals surface area contributed by atoms with E-state index in [0.29, 0.717) is 27.4 Å². The number of Topliss-reactive ketones (excluding diaryl/α,β-unsaturated/α-hetero) is 2. The van der Waals surface area contributed by atoms with E-state index in [-0.39, 0.29) is 25.4 Å². The zero-order chi connectivity index (χ0) is 44.8. The number of nitrogens with zero attached hydrogens (tertiary/aromatic N) is 6. The van der Waals surface area contributed by atoms with Gasteiger partial charge in [-0.05, 0) is 67.8 Å². The summed E-state index contributed by atoms with van der Waals surface area (Å²) >= 11 is 5.95. The van der Waals surface area contributed by atoms with Gasteiger partial charge in [0.05, 0.1) is 49.4 Å². The van der Waals surface area contributed by atoms with Gasteiger partial charge in [-0.15, -0.1) is 0 Å². The van der Waals surface area contributed by atoms with E-state index in [1.54, 1.807) is 105 Å². The van der Waals surface area contributed by atoms with Crippen molar-refractivity contribution in [3.63, 3.8) is 0 Å². The van der Waals surface area contributed by atoms with Crippen molar-refractivity contribution in [1.29, 1.82) is 0 Å². The number of pyridine rings is 2. The van der Waals surface area contributed by atoms with Crippen LogP contribution in [0.1, 0.15) is 57.6 Å². The van der Waals surface area contributed by atoms with Crippen LogP contribution in [0.2, 0.25) is 5.02 Å². The van der Waals surface area contributed by atoms with E-state index in [1.165, 1.54) is 0 Å². The molecule has 0 bridgehead atoms. The largest absolute Gasteiger partial charge is 0.464 e. The third kappa shape index (κ3) is 11.5. The lowest BCUT2D eigenvalue weighted by molar-refractivity contribution is -0.152. The maximum Gasteiger partial charge on any atom is 0.389 e. The van der Waals surface area contributed by atoms with Gasteiger partial charge in [0, 0.05) is 72.1 Å². The van der Waals surface area contributed by atoms with Gasteiger partial charge in [0.15, 0.2) is 5.54 Å². The first-order valence-electron chi connectivity index (χ1n) is 19.5. The van der Waals surface area contributed by atoms with Crippen LogP contribution >= 0.6 is 11.6 Å². The van der Waals surface area contributed by atoms with Crippen LogP contribution < -0.4 is 0 Å². The standard InChI is InChI=1S/C27H27F3N4O3.C18H14ClF3N2O/c1-4-37-25(36)26(2,3)34-17-21(15-32-34)19-9-11-33-23(16-31-24(33)14-19)20-7-5-6-18(12-20)13-22(35)8-10-27(28,29)30;19-14-5-7-24-16(11-23-17(24)10-14)13-3-1-2-12(8-13)9-15(25)4-6-18(20,21)22/h5-7,9,11-12,14-17H,4,8,10,13H2,1-3H3;1-3,5,7-8,10-11H,4,6,9H2. The number of carbonyl (C=O) groups is 3. The summed E-state index contributed by atoms with van der Waals surface area (Å²) in [4.78, 5) is 44.9. The average Bonchev–Trinajstić information content (AvgIpc) is 3.98. The monoisotopic (exact) mass is 878 g/mol. The third-order valence-electron chi connectivity index (χ3n) is 9.87. The van der Waals surface area contributed by atoms with Gasteiger partial charge in [-0.2, -0.15) is 31.4 Å². The molecule has 10 nitrogen and oxygen atoms in total. The molecule has 0 aliphatic heterocycles. The van der Waals surface area contributed by atoms with Gasteiger partial charge in [-0.25, -0.2) is 14.8 Å². The highest BCUT2D eigenvalue weighted by molar-refractivity contribution is 6.30. The fourth-order valence-electron chi connectivity index (χ4n) is 6.60. The second kappa shape index (κ2) is 18.8. The zero-order valence-electron chi connectivity index (χ0n) is 33.8. The molecule has 0 spiro atoms. The Morgan fingerprint density at radius 1 is 0.661 bits per heavy atom. The van der Waals surface area contributed by atoms with Crippen LogP contribution in [-0.4, -0.2) is 65.0 Å². The maximum absolute atomic E-state index is 12.4. The topological polar surface area (TPSA) is 113 Å². The molecule has 7 aromatic rings. The van der Waals surface area contributed by atoms with Gasteiger partial charge in [-0.3, -0.25) is 23.1 Å². The molecule has 0 amide bonds. The molecule has 5 heterocycles. The van der Waals surface area contributed by atoms with Gasteiger partial charge in [-0.1, -0.05) is 48.0 Å². The summed E-state index contributed by atoms with van der Waals surface area (Å²) in [5.74, 6) is -1.26. The molecular formula is C45H41ClF6N6O4. The average molecular weight is 879 g/mol. The maximum atomic E-state index is 12.4. The highest BCUT2D eigenvalue weighted by atomic mass is 35.5. The number of benzene rings is 2. The first-order chi connectivity index (χ1) is 29.3. The van der Waals surface area contributed by atoms with Crippen molar-refractivity contribution in [3.05, 3.63) is 126 Å². The van der Waals surface area contributed by atoms with E-state index in [2.05, 4.69) is 15.1 Å². The van der Waals surface area contributed by atoms with Crippen LogP contribution in [0.3, 0.4) is 0 Å². The van der Waals surface area contributed by atoms with Gasteiger partial charge in [0.1, 0.15) is 22.9 Å². The number of imidazole rings is 2. The van der Waals surface area contributed by atoms with Crippen LogP contribution in [0.4, 0.5) is 26.3 Å². The number of halogens is 7. The summed E-state index contributed by atoms with van der Waals surface area (Å²) in [6, 6.07) is 21.6. The summed E-state index contributed by atoms with van der Waals surface area (Å²) in [5, 5.41) is 4.94. The Kier molecular flexibility index (Phi) is 13.7. The molecule has 7 rings (SSSR count). The number of carbonyl (C=O) groups excluding carboxylic acids is 3. The van der Waals surface area contributed by atoms with Gasteiger partial charge >= 0.3 is 18.3 Å². The Hall–Kier alpha value is -6.29. The van der Waals surface area contributed by atoms with Crippen molar-refractivity contribution in [2.24, 2.45) is 0 Å². The summed E-state index contributed by atoms with van der Waals surface area (Å²) in [6.07, 6.45) is -1.44. The number of esters is 1. The highest BCUT2D eigenvalue weighted by Crippen LogP contribution is 2.29. The van der Waals surface area contributed by atoms with E-state index in [1.807, 2.05) is 39.3 Å². The minimum absolute atomic E-state index is 0.0213. The number of hydrogen-bond acceptors (Lipinski definition) is 7. The van der Waals surface area contributed by atoms with Crippen molar-refractivity contribution in [2.45, 2.75) is 77.2 Å². The molecule has 0 fully saturated rings. The number of aromatic nitrogens is 6. The summed E-state index contributed by atoms with van der Waals surface area (Å²) in [5.41, 5.74) is 6.62. The van der Waals surface area contributed by atoms with E-state index < -0.39 is 55.1 Å². The smallest absolute Gasteiger partial charge is 0.389 e. The molecule has 0 atom stereocenters. The highest BCUT2D eigenvalue weighted by Gasteiger charge is 2.32. The van der Waals surface area contributed by atoms with E-state index in [0.717, 1.165) is 33.6 Å². The number of hydrogen-bond donors (Lipinski definition) is 0. The fourth-order valence-corrected chi connectivity index (χ4v) is 6.75. The third-order valence-corrected chi connectivity index (χ3v) is 10.1. The molecule has 0 aliphatic rings. The van der Waals surface area contributed by atoms with Gasteiger partial charge in [0.25, 0.3) is 0 Å². The molecule has 0 saturated heterocycles. The molecule has 0 unspecified atom stereocenters. The van der Waals surface area contributed by atoms with Crippen LogP contribution in [0.15, 0.2) is 110 Å². The molecule has 5 aromatic heterocycles. The lowest BCUT2D eigenvalue weighted by Crippen LogP contribution is -2.37. The molecular weight excluding hydrogens is 838 g/mol. The number of rotatable bonds is 14. The zero-order valence-corrected chi connectivity index (χ0v) is 34.6. The molecule has 0 N–H and O–H groups in total. The number of fused-ring (bicyclic) bond motifs is 2. The van der Waals surface area contributed by atoms with Crippen LogP contribution in [0.5, 0.6) is 0 Å². The quantitative estimate of drug-likeness (QED) is 0.0790. The Bertz CT molecular complexity index is 2720. The predicted octanol–water partition coefficient (Wildman–Crippen LogP) is 10.7. The van der Waals surface area contributed by atoms with E-state index in [4.69, 9.17) is 16.3 Å². The SMILES string of the molecule is CCOC(=O)C(C)(C)n1cc(-c2ccn3c(-c4cccc(CC(=O)CCC(F)(F)F)c4)cnc3c2)cn1.O=C(CCC(F)(F)F)Cc1cccc(-c2cnc3cc(Cl)ccn23)c1. The molecule has 0 saturated carbocycles. The minimum Gasteiger partial charge on any atom is -0.464 e. The summed E-state index contributed by atoms with van der Waals surface area (Å²) in [6.45, 7) is 5.52. The van der Waals surface area contributed by atoms with Gasteiger partial charge in [0.2, 0.25) is 0 Å². The summed E-state index contributed by atoms with van der Waals surface area (Å²) in [7, 11) is 0. The molecule has 17 heteroatoms. The lowest BCUT2D eigenvalue weighted by Gasteiger charge is -2.22. The van der Waals surface area contributed by atoms with Crippen molar-refractivity contribution in [1.82, 2.24) is 28.5 Å². The van der Waals surface area contributed by atoms with E-state index >= 15 is 0 Å². The first kappa shape index (κ1) is 45.2. The molecule has 2 aromatic carbocycles. The van der Waals surface area contributed by atoms with E-state index in [9.17, 15) is 40.7 Å². The predicted molar refractivity (Wildman–Crippen MR) is 221 cm³/mol. The normalized spacial score (nSPS) is 12.0. The molecule has 0 radical (unpaired) electrons. The lowest BCUT2D eigenvalue weighted by atomic mass is 10.0. The van der Waals surface area contributed by atoms with Crippen molar-refractivity contribution >= 4 is 40.4 Å². The Morgan fingerprint density at radius 2 is 1.18 bits per heavy atom. The van der Waals surface area contributed by atoms with Crippen molar-refractivity contribution in [3.8, 4) is 33.6 Å². The number of ether oxygens (including phenoxy) is 1. The number of ketones is 2. The molecule has 324 valence electrons. The summed E-state index contributed by atoms with van der Waals surface area (Å²) < 4.78 is 84.4. The van der Waals surface area contributed by atoms with Gasteiger partial charge < -0.3 is 4.74 Å². The van der Waals surface area contributed by atoms with Crippen LogP contribution in [0, 0.1) is 0 Å². The Balaban J connectivity index is 0.000000223. The fraction of sp³-hybridized carbons (Fsp3) is 0.289. The first-order valence-corrected chi connectivity index (χ1v) is 19.9. The molecule has 62 heavy (non-hydrogen) atoms. The minimum atomic E-state index is -4.34. The van der Waals surface area contributed by atoms with Crippen LogP contribution in [0.25, 0.3) is 44.9 Å². The number of alkyl halides is 6. The second-order valence-corrected chi connectivity index (χ2v) is 15.5. The van der Waals surface area contributed by atoms with Crippen LogP contribution in [-0.2, 0) is 37.5 Å². The van der Waals surface area contributed by atoms with Crippen molar-refractivity contribution < 1.29 is 45.5 Å². The Morgan fingerprint density at radius 3 is 1.69 bits per heavy atom. The Labute approximate surface area is 357 Å². The second-order valence-electron chi connectivity index (χ2n) is 15.0.